The van der Waals surface area contributed by atoms with E-state index in [1.807, 2.05) is 50.5 Å². The van der Waals surface area contributed by atoms with Crippen LogP contribution in [0.1, 0.15) is 28.9 Å². The number of hydrogen-bond acceptors (Lipinski definition) is 3. The van der Waals surface area contributed by atoms with Crippen molar-refractivity contribution in [3.05, 3.63) is 64.1 Å². The maximum Gasteiger partial charge on any atom is 0.344 e. The molecule has 21 heavy (non-hydrogen) atoms. The van der Waals surface area contributed by atoms with Crippen LogP contribution in [0, 0.1) is 0 Å². The zero-order valence-electron chi connectivity index (χ0n) is 12.3. The molecule has 1 atom stereocenters. The van der Waals surface area contributed by atoms with Crippen LogP contribution in [0.3, 0.4) is 0 Å². The lowest BCUT2D eigenvalue weighted by molar-refractivity contribution is 0.0733. The summed E-state index contributed by atoms with van der Waals surface area (Å²) in [5, 5.41) is 0. The normalized spacial score (nSPS) is 12.2. The third kappa shape index (κ3) is 3.93. The Labute approximate surface area is 133 Å². The summed E-state index contributed by atoms with van der Waals surface area (Å²) < 4.78 is 6.19. The molecule has 2 aromatic carbocycles. The molecule has 2 rings (SSSR count). The number of nitrogens with zero attached hydrogens (tertiary/aromatic N) is 1. The first kappa shape index (κ1) is 15.7. The molecule has 3 nitrogen and oxygen atoms in total. The molecule has 0 radical (unpaired) electrons. The van der Waals surface area contributed by atoms with E-state index in [1.54, 1.807) is 12.1 Å². The van der Waals surface area contributed by atoms with E-state index in [1.165, 1.54) is 0 Å². The Morgan fingerprint density at radius 1 is 1.14 bits per heavy atom. The highest BCUT2D eigenvalue weighted by Crippen LogP contribution is 2.24. The van der Waals surface area contributed by atoms with Gasteiger partial charge in [0.15, 0.2) is 0 Å². The third-order valence-electron chi connectivity index (χ3n) is 3.42. The quantitative estimate of drug-likeness (QED) is 0.610. The van der Waals surface area contributed by atoms with Crippen molar-refractivity contribution in [3.8, 4) is 5.75 Å². The second-order valence-electron chi connectivity index (χ2n) is 5.08. The Hall–Kier alpha value is -1.65. The van der Waals surface area contributed by atoms with Gasteiger partial charge in [0.05, 0.1) is 5.56 Å². The van der Waals surface area contributed by atoms with Crippen molar-refractivity contribution in [2.45, 2.75) is 13.0 Å². The average Bonchev–Trinajstić information content (AvgIpc) is 2.47. The van der Waals surface area contributed by atoms with Crippen LogP contribution in [0.25, 0.3) is 0 Å². The SMILES string of the molecule is C[C@@H](c1cccc(OC(=O)c2ccccc2Br)c1)N(C)C. The number of carbonyl (C=O) groups excluding carboxylic acids is 1. The lowest BCUT2D eigenvalue weighted by Gasteiger charge is -2.20. The minimum absolute atomic E-state index is 0.257. The molecule has 0 aromatic heterocycles. The minimum Gasteiger partial charge on any atom is -0.423 e. The van der Waals surface area contributed by atoms with E-state index >= 15 is 0 Å². The van der Waals surface area contributed by atoms with Gasteiger partial charge < -0.3 is 9.64 Å². The summed E-state index contributed by atoms with van der Waals surface area (Å²) in [6, 6.07) is 15.1. The maximum atomic E-state index is 12.2. The number of carbonyl (C=O) groups is 1. The summed E-state index contributed by atoms with van der Waals surface area (Å²) >= 11 is 3.36. The molecule has 0 aliphatic rings. The second kappa shape index (κ2) is 6.87. The second-order valence-corrected chi connectivity index (χ2v) is 5.94. The van der Waals surface area contributed by atoms with Gasteiger partial charge in [-0.1, -0.05) is 24.3 Å². The highest BCUT2D eigenvalue weighted by atomic mass is 79.9. The van der Waals surface area contributed by atoms with E-state index in [0.29, 0.717) is 11.3 Å². The standard InChI is InChI=1S/C17H18BrNO2/c1-12(19(2)3)13-7-6-8-14(11-13)21-17(20)15-9-4-5-10-16(15)18/h4-12H,1-3H3/t12-/m0/s1. The molecule has 0 heterocycles. The van der Waals surface area contributed by atoms with E-state index in [-0.39, 0.29) is 12.0 Å². The van der Waals surface area contributed by atoms with Crippen LogP contribution < -0.4 is 4.74 Å². The van der Waals surface area contributed by atoms with Gasteiger partial charge in [0.2, 0.25) is 0 Å². The minimum atomic E-state index is -0.364. The van der Waals surface area contributed by atoms with Gasteiger partial charge in [0, 0.05) is 10.5 Å². The number of benzene rings is 2. The fourth-order valence-corrected chi connectivity index (χ4v) is 2.37. The van der Waals surface area contributed by atoms with Crippen LogP contribution in [0.5, 0.6) is 5.75 Å². The van der Waals surface area contributed by atoms with Gasteiger partial charge in [-0.25, -0.2) is 4.79 Å². The monoisotopic (exact) mass is 347 g/mol. The molecule has 2 aromatic rings. The summed E-state index contributed by atoms with van der Waals surface area (Å²) in [5.74, 6) is 0.194. The number of halogens is 1. The lowest BCUT2D eigenvalue weighted by atomic mass is 10.1. The molecular formula is C17H18BrNO2. The maximum absolute atomic E-state index is 12.2. The molecule has 0 saturated carbocycles. The highest BCUT2D eigenvalue weighted by Gasteiger charge is 2.13. The Morgan fingerprint density at radius 2 is 1.86 bits per heavy atom. The molecule has 4 heteroatoms. The van der Waals surface area contributed by atoms with Gasteiger partial charge in [0.1, 0.15) is 5.75 Å². The third-order valence-corrected chi connectivity index (χ3v) is 4.11. The van der Waals surface area contributed by atoms with Crippen molar-refractivity contribution in [2.24, 2.45) is 0 Å². The predicted molar refractivity (Wildman–Crippen MR) is 87.6 cm³/mol. The van der Waals surface area contributed by atoms with Crippen LogP contribution in [-0.2, 0) is 0 Å². The van der Waals surface area contributed by atoms with E-state index < -0.39 is 0 Å². The number of ether oxygens (including phenoxy) is 1. The van der Waals surface area contributed by atoms with Crippen LogP contribution in [0.4, 0.5) is 0 Å². The zero-order chi connectivity index (χ0) is 15.4. The molecule has 0 amide bonds. The number of rotatable bonds is 4. The first-order valence-corrected chi connectivity index (χ1v) is 7.51. The fraction of sp³-hybridized carbons (Fsp3) is 0.235. The summed E-state index contributed by atoms with van der Waals surface area (Å²) in [4.78, 5) is 14.3. The van der Waals surface area contributed by atoms with Gasteiger partial charge in [-0.15, -0.1) is 0 Å². The van der Waals surface area contributed by atoms with Crippen LogP contribution in [-0.4, -0.2) is 25.0 Å². The molecular weight excluding hydrogens is 330 g/mol. The Morgan fingerprint density at radius 3 is 2.52 bits per heavy atom. The van der Waals surface area contributed by atoms with Crippen molar-refractivity contribution >= 4 is 21.9 Å². The molecule has 0 aliphatic carbocycles. The summed E-state index contributed by atoms with van der Waals surface area (Å²) in [6.45, 7) is 2.11. The molecule has 0 spiro atoms. The van der Waals surface area contributed by atoms with Crippen LogP contribution >= 0.6 is 15.9 Å². The van der Waals surface area contributed by atoms with Gasteiger partial charge in [-0.2, -0.15) is 0 Å². The van der Waals surface area contributed by atoms with Crippen LogP contribution in [0.2, 0.25) is 0 Å². The summed E-state index contributed by atoms with van der Waals surface area (Å²) in [7, 11) is 4.04. The largest absolute Gasteiger partial charge is 0.423 e. The van der Waals surface area contributed by atoms with Gasteiger partial charge in [-0.3, -0.25) is 0 Å². The molecule has 0 bridgehead atoms. The Kier molecular flexibility index (Phi) is 5.15. The predicted octanol–water partition coefficient (Wildman–Crippen LogP) is 4.29. The molecule has 0 unspecified atom stereocenters. The van der Waals surface area contributed by atoms with Gasteiger partial charge in [0.25, 0.3) is 0 Å². The molecule has 0 N–H and O–H groups in total. The lowest BCUT2D eigenvalue weighted by Crippen LogP contribution is -2.17. The number of esters is 1. The Bertz CT molecular complexity index is 640. The van der Waals surface area contributed by atoms with Crippen molar-refractivity contribution in [1.82, 2.24) is 4.90 Å². The molecule has 110 valence electrons. The van der Waals surface area contributed by atoms with Crippen molar-refractivity contribution < 1.29 is 9.53 Å². The highest BCUT2D eigenvalue weighted by molar-refractivity contribution is 9.10. The van der Waals surface area contributed by atoms with Crippen molar-refractivity contribution in [2.75, 3.05) is 14.1 Å². The van der Waals surface area contributed by atoms with E-state index in [9.17, 15) is 4.79 Å². The van der Waals surface area contributed by atoms with Gasteiger partial charge in [-0.05, 0) is 66.8 Å². The Balaban J connectivity index is 2.19. The molecule has 0 fully saturated rings. The first-order valence-electron chi connectivity index (χ1n) is 6.72. The molecule has 0 aliphatic heterocycles. The summed E-state index contributed by atoms with van der Waals surface area (Å²) in [6.07, 6.45) is 0. The van der Waals surface area contributed by atoms with Crippen molar-refractivity contribution in [1.29, 1.82) is 0 Å². The van der Waals surface area contributed by atoms with E-state index in [2.05, 4.69) is 27.8 Å². The summed E-state index contributed by atoms with van der Waals surface area (Å²) in [5.41, 5.74) is 1.63. The van der Waals surface area contributed by atoms with Gasteiger partial charge >= 0.3 is 5.97 Å². The zero-order valence-corrected chi connectivity index (χ0v) is 13.9. The van der Waals surface area contributed by atoms with E-state index in [4.69, 9.17) is 4.74 Å². The van der Waals surface area contributed by atoms with Crippen molar-refractivity contribution in [3.63, 3.8) is 0 Å². The number of hydrogen-bond donors (Lipinski definition) is 0. The van der Waals surface area contributed by atoms with Crippen LogP contribution in [0.15, 0.2) is 53.0 Å². The van der Waals surface area contributed by atoms with E-state index in [0.717, 1.165) is 10.0 Å². The average molecular weight is 348 g/mol. The smallest absolute Gasteiger partial charge is 0.344 e. The topological polar surface area (TPSA) is 29.5 Å². The fourth-order valence-electron chi connectivity index (χ4n) is 1.92. The first-order chi connectivity index (χ1) is 9.99. The molecule has 0 saturated heterocycles.